The van der Waals surface area contributed by atoms with Crippen molar-refractivity contribution in [3.63, 3.8) is 0 Å². The van der Waals surface area contributed by atoms with Crippen molar-refractivity contribution in [3.8, 4) is 11.1 Å². The van der Waals surface area contributed by atoms with Crippen molar-refractivity contribution in [2.24, 2.45) is 0 Å². The molecule has 0 atom stereocenters. The summed E-state index contributed by atoms with van der Waals surface area (Å²) in [4.78, 5) is 35.8. The summed E-state index contributed by atoms with van der Waals surface area (Å²) in [6.07, 6.45) is 0. The Balaban J connectivity index is 2.27. The fourth-order valence-corrected chi connectivity index (χ4v) is 4.23. The highest BCUT2D eigenvalue weighted by Crippen LogP contribution is 2.43. The molecule has 0 bridgehead atoms. The number of methoxy groups -OCH3 is 1. The van der Waals surface area contributed by atoms with Crippen LogP contribution >= 0.6 is 34.7 Å². The second kappa shape index (κ2) is 10.3. The molecule has 0 saturated heterocycles. The molecule has 1 heterocycles. The standard InChI is InChI=1S/C18H18ClNO5S2/c1-3-25-18(23)15-14(11-7-5-4-6-8-11)16(19)27-17(15)20-12(21)9-26-10-13(22)24-2/h4-8H,3,9-10H2,1-2H3,(H,20,21). The van der Waals surface area contributed by atoms with Gasteiger partial charge in [0.05, 0.1) is 25.2 Å². The summed E-state index contributed by atoms with van der Waals surface area (Å²) in [6, 6.07) is 9.18. The van der Waals surface area contributed by atoms with E-state index in [0.717, 1.165) is 28.7 Å². The second-order valence-electron chi connectivity index (χ2n) is 5.16. The van der Waals surface area contributed by atoms with Crippen LogP contribution in [0.25, 0.3) is 11.1 Å². The monoisotopic (exact) mass is 427 g/mol. The van der Waals surface area contributed by atoms with Crippen LogP contribution in [0.1, 0.15) is 17.3 Å². The van der Waals surface area contributed by atoms with E-state index in [4.69, 9.17) is 16.3 Å². The van der Waals surface area contributed by atoms with E-state index >= 15 is 0 Å². The summed E-state index contributed by atoms with van der Waals surface area (Å²) in [5.41, 5.74) is 1.50. The molecular formula is C18H18ClNO5S2. The molecule has 1 N–H and O–H groups in total. The van der Waals surface area contributed by atoms with Crippen LogP contribution in [0.5, 0.6) is 0 Å². The minimum atomic E-state index is -0.558. The maximum atomic E-state index is 12.5. The molecule has 144 valence electrons. The number of thiophene rings is 1. The van der Waals surface area contributed by atoms with Gasteiger partial charge in [-0.05, 0) is 12.5 Å². The molecule has 0 fully saturated rings. The SMILES string of the molecule is CCOC(=O)c1c(NC(=O)CSCC(=O)OC)sc(Cl)c1-c1ccccc1. The molecule has 0 aliphatic heterocycles. The lowest BCUT2D eigenvalue weighted by molar-refractivity contribution is -0.137. The van der Waals surface area contributed by atoms with Crippen molar-refractivity contribution < 1.29 is 23.9 Å². The molecule has 0 aliphatic rings. The Kier molecular flexibility index (Phi) is 8.15. The van der Waals surface area contributed by atoms with E-state index < -0.39 is 11.9 Å². The van der Waals surface area contributed by atoms with E-state index in [9.17, 15) is 14.4 Å². The van der Waals surface area contributed by atoms with E-state index in [-0.39, 0.29) is 29.6 Å². The van der Waals surface area contributed by atoms with Gasteiger partial charge < -0.3 is 14.8 Å². The Morgan fingerprint density at radius 1 is 1.19 bits per heavy atom. The molecule has 0 radical (unpaired) electrons. The molecule has 0 spiro atoms. The van der Waals surface area contributed by atoms with Gasteiger partial charge >= 0.3 is 11.9 Å². The van der Waals surface area contributed by atoms with Crippen molar-refractivity contribution in [1.82, 2.24) is 0 Å². The summed E-state index contributed by atoms with van der Waals surface area (Å²) < 4.78 is 10.0. The number of hydrogen-bond donors (Lipinski definition) is 1. The Morgan fingerprint density at radius 2 is 1.89 bits per heavy atom. The van der Waals surface area contributed by atoms with Crippen LogP contribution in [0.4, 0.5) is 5.00 Å². The zero-order valence-electron chi connectivity index (χ0n) is 14.7. The highest BCUT2D eigenvalue weighted by Gasteiger charge is 2.26. The second-order valence-corrected chi connectivity index (χ2v) is 7.77. The third-order valence-electron chi connectivity index (χ3n) is 3.34. The number of rotatable bonds is 8. The number of ether oxygens (including phenoxy) is 2. The molecule has 0 saturated carbocycles. The van der Waals surface area contributed by atoms with E-state index in [1.54, 1.807) is 6.92 Å². The molecule has 2 rings (SSSR count). The fourth-order valence-electron chi connectivity index (χ4n) is 2.20. The Morgan fingerprint density at radius 3 is 2.52 bits per heavy atom. The minimum Gasteiger partial charge on any atom is -0.468 e. The van der Waals surface area contributed by atoms with Crippen LogP contribution in [0.2, 0.25) is 4.34 Å². The first kappa shape index (κ1) is 21.3. The number of anilines is 1. The molecule has 9 heteroatoms. The van der Waals surface area contributed by atoms with Gasteiger partial charge in [0.15, 0.2) is 0 Å². The quantitative estimate of drug-likeness (QED) is 0.639. The van der Waals surface area contributed by atoms with Crippen LogP contribution in [-0.2, 0) is 19.1 Å². The Bertz CT molecular complexity index is 823. The summed E-state index contributed by atoms with van der Waals surface area (Å²) in [5.74, 6) is -1.22. The zero-order valence-corrected chi connectivity index (χ0v) is 17.1. The number of esters is 2. The van der Waals surface area contributed by atoms with Crippen molar-refractivity contribution >= 4 is 57.5 Å². The number of halogens is 1. The molecule has 0 unspecified atom stereocenters. The maximum absolute atomic E-state index is 12.5. The van der Waals surface area contributed by atoms with Gasteiger partial charge in [0, 0.05) is 5.56 Å². The number of thioether (sulfide) groups is 1. The number of nitrogens with one attached hydrogen (secondary N) is 1. The highest BCUT2D eigenvalue weighted by molar-refractivity contribution is 8.00. The lowest BCUT2D eigenvalue weighted by atomic mass is 10.0. The number of amides is 1. The number of carbonyl (C=O) groups is 3. The largest absolute Gasteiger partial charge is 0.468 e. The van der Waals surface area contributed by atoms with Crippen LogP contribution in [0.15, 0.2) is 30.3 Å². The van der Waals surface area contributed by atoms with Gasteiger partial charge in [-0.2, -0.15) is 0 Å². The van der Waals surface area contributed by atoms with Crippen molar-refractivity contribution in [2.45, 2.75) is 6.92 Å². The van der Waals surface area contributed by atoms with Crippen LogP contribution < -0.4 is 5.32 Å². The van der Waals surface area contributed by atoms with Crippen LogP contribution in [0, 0.1) is 0 Å². The van der Waals surface area contributed by atoms with Gasteiger partial charge in [-0.3, -0.25) is 9.59 Å². The average Bonchev–Trinajstić information content (AvgIpc) is 2.98. The van der Waals surface area contributed by atoms with Gasteiger partial charge in [-0.15, -0.1) is 23.1 Å². The van der Waals surface area contributed by atoms with Crippen LogP contribution in [-0.4, -0.2) is 43.1 Å². The molecule has 1 aromatic carbocycles. The number of hydrogen-bond acceptors (Lipinski definition) is 7. The Hall–Kier alpha value is -2.03. The topological polar surface area (TPSA) is 81.7 Å². The normalized spacial score (nSPS) is 10.3. The first-order valence-corrected chi connectivity index (χ1v) is 10.3. The average molecular weight is 428 g/mol. The predicted molar refractivity (Wildman–Crippen MR) is 109 cm³/mol. The lowest BCUT2D eigenvalue weighted by Gasteiger charge is -2.08. The molecular weight excluding hydrogens is 410 g/mol. The summed E-state index contributed by atoms with van der Waals surface area (Å²) in [7, 11) is 1.29. The van der Waals surface area contributed by atoms with Crippen molar-refractivity contribution in [1.29, 1.82) is 0 Å². The minimum absolute atomic E-state index is 0.0353. The van der Waals surface area contributed by atoms with E-state index in [2.05, 4.69) is 10.1 Å². The number of benzene rings is 1. The lowest BCUT2D eigenvalue weighted by Crippen LogP contribution is -2.17. The third-order valence-corrected chi connectivity index (χ3v) is 5.56. The molecule has 1 amide bonds. The van der Waals surface area contributed by atoms with Crippen LogP contribution in [0.3, 0.4) is 0 Å². The van der Waals surface area contributed by atoms with Gasteiger partial charge in [0.25, 0.3) is 0 Å². The first-order chi connectivity index (χ1) is 13.0. The predicted octanol–water partition coefficient (Wildman–Crippen LogP) is 4.09. The van der Waals surface area contributed by atoms with E-state index in [0.29, 0.717) is 14.9 Å². The summed E-state index contributed by atoms with van der Waals surface area (Å²) >= 11 is 8.58. The van der Waals surface area contributed by atoms with Gasteiger partial charge in [0.2, 0.25) is 5.91 Å². The summed E-state index contributed by atoms with van der Waals surface area (Å²) in [5, 5.41) is 3.01. The smallest absolute Gasteiger partial charge is 0.341 e. The van der Waals surface area contributed by atoms with Crippen molar-refractivity contribution in [3.05, 3.63) is 40.2 Å². The van der Waals surface area contributed by atoms with E-state index in [1.165, 1.54) is 7.11 Å². The third kappa shape index (κ3) is 5.72. The highest BCUT2D eigenvalue weighted by atomic mass is 35.5. The molecule has 2 aromatic rings. The summed E-state index contributed by atoms with van der Waals surface area (Å²) in [6.45, 7) is 1.90. The zero-order chi connectivity index (χ0) is 19.8. The molecule has 1 aromatic heterocycles. The Labute approximate surface area is 170 Å². The van der Waals surface area contributed by atoms with Gasteiger partial charge in [0.1, 0.15) is 14.9 Å². The fraction of sp³-hybridized carbons (Fsp3) is 0.278. The van der Waals surface area contributed by atoms with E-state index in [1.807, 2.05) is 30.3 Å². The van der Waals surface area contributed by atoms with Gasteiger partial charge in [-0.1, -0.05) is 41.9 Å². The van der Waals surface area contributed by atoms with Gasteiger partial charge in [-0.25, -0.2) is 4.79 Å². The van der Waals surface area contributed by atoms with Crippen molar-refractivity contribution in [2.75, 3.05) is 30.5 Å². The first-order valence-electron chi connectivity index (χ1n) is 7.97. The molecule has 27 heavy (non-hydrogen) atoms. The molecule has 0 aliphatic carbocycles. The molecule has 6 nitrogen and oxygen atoms in total. The maximum Gasteiger partial charge on any atom is 0.341 e. The number of carbonyl (C=O) groups excluding carboxylic acids is 3.